The van der Waals surface area contributed by atoms with E-state index in [9.17, 15) is 28.0 Å². The number of likely N-dealkylation sites (N-methyl/N-ethyl adjacent to an activating group) is 1. The molecule has 0 radical (unpaired) electrons. The van der Waals surface area contributed by atoms with E-state index in [0.29, 0.717) is 0 Å². The number of carbonyl (C=O) groups excluding carboxylic acids is 3. The van der Waals surface area contributed by atoms with Gasteiger partial charge in [-0.25, -0.2) is 33.6 Å². The molecular weight excluding hydrogens is 566 g/mol. The fourth-order valence-corrected chi connectivity index (χ4v) is 4.37. The summed E-state index contributed by atoms with van der Waals surface area (Å²) >= 11 is 0.907. The van der Waals surface area contributed by atoms with Crippen molar-refractivity contribution in [3.8, 4) is 0 Å². The summed E-state index contributed by atoms with van der Waals surface area (Å²) in [5, 5.41) is 15.7. The number of benzene rings is 1. The number of rotatable bonds is 12. The molecular formula is C22H25F4N7O6S. The van der Waals surface area contributed by atoms with Crippen molar-refractivity contribution in [2.45, 2.75) is 19.5 Å². The van der Waals surface area contributed by atoms with E-state index in [1.165, 1.54) is 17.3 Å². The van der Waals surface area contributed by atoms with Crippen LogP contribution < -0.4 is 25.9 Å². The first-order valence-corrected chi connectivity index (χ1v) is 12.6. The van der Waals surface area contributed by atoms with Gasteiger partial charge in [0.15, 0.2) is 22.5 Å². The second-order valence-electron chi connectivity index (χ2n) is 8.15. The van der Waals surface area contributed by atoms with Crippen LogP contribution in [0.1, 0.15) is 17.4 Å². The Morgan fingerprint density at radius 3 is 2.48 bits per heavy atom. The number of carbonyl (C=O) groups is 4. The minimum Gasteiger partial charge on any atom is -0.476 e. The number of amides is 4. The fraction of sp³-hybridized carbons (Fsp3) is 0.409. The Bertz CT molecular complexity index is 1240. The van der Waals surface area contributed by atoms with Crippen LogP contribution in [0.5, 0.6) is 0 Å². The first kappa shape index (κ1) is 30.4. The molecule has 1 atom stereocenters. The van der Waals surface area contributed by atoms with E-state index in [0.717, 1.165) is 33.4 Å². The maximum atomic E-state index is 15.1. The first-order valence-electron chi connectivity index (χ1n) is 11.7. The van der Waals surface area contributed by atoms with Crippen LogP contribution >= 0.6 is 11.3 Å². The van der Waals surface area contributed by atoms with Crippen molar-refractivity contribution in [3.63, 3.8) is 0 Å². The van der Waals surface area contributed by atoms with Crippen molar-refractivity contribution in [1.82, 2.24) is 20.7 Å². The highest BCUT2D eigenvalue weighted by Crippen LogP contribution is 2.31. The summed E-state index contributed by atoms with van der Waals surface area (Å²) < 4.78 is 59.9. The van der Waals surface area contributed by atoms with Crippen LogP contribution in [-0.4, -0.2) is 91.4 Å². The molecule has 4 amide bonds. The maximum Gasteiger partial charge on any atom is 0.414 e. The molecule has 4 N–H and O–H groups in total. The average molecular weight is 592 g/mol. The minimum absolute atomic E-state index is 0.0339. The minimum atomic E-state index is -3.25. The molecule has 1 aliphatic heterocycles. The van der Waals surface area contributed by atoms with Gasteiger partial charge in [-0.1, -0.05) is 0 Å². The second kappa shape index (κ2) is 13.2. The number of aromatic nitrogens is 1. The summed E-state index contributed by atoms with van der Waals surface area (Å²) in [6.45, 7) is 1.04. The lowest BCUT2D eigenvalue weighted by atomic mass is 10.2. The third-order valence-corrected chi connectivity index (χ3v) is 6.39. The number of urea groups is 1. The smallest absolute Gasteiger partial charge is 0.414 e. The zero-order chi connectivity index (χ0) is 29.6. The van der Waals surface area contributed by atoms with Gasteiger partial charge < -0.3 is 20.1 Å². The lowest BCUT2D eigenvalue weighted by molar-refractivity contribution is -0.132. The van der Waals surface area contributed by atoms with Gasteiger partial charge >= 0.3 is 24.5 Å². The largest absolute Gasteiger partial charge is 0.476 e. The molecule has 1 aromatic heterocycles. The standard InChI is InChI=1S/C22H25F4N7O6S/c1-3-31(4-5-33(27-2)21(37)30-20-29-15(10-40-20)19(35)36)16-13(23)6-11(7-14(16)24)32-9-12(39-22(32)38)8-28-18(34)17(25)26/h6-7,10,12,17,27H,3-5,8-9H2,1-2H3,(H,28,34)(H,35,36)(H,29,30,37)/t12-/m0/s1. The Morgan fingerprint density at radius 1 is 1.25 bits per heavy atom. The molecule has 218 valence electrons. The topological polar surface area (TPSA) is 156 Å². The van der Waals surface area contributed by atoms with Crippen molar-refractivity contribution >= 4 is 51.8 Å². The summed E-state index contributed by atoms with van der Waals surface area (Å²) in [6, 6.07) is 1.13. The lowest BCUT2D eigenvalue weighted by Crippen LogP contribution is -2.47. The number of carboxylic acid groups (broad SMARTS) is 1. The van der Waals surface area contributed by atoms with Gasteiger partial charge in [-0.2, -0.15) is 8.78 Å². The van der Waals surface area contributed by atoms with Crippen LogP contribution in [0.15, 0.2) is 17.5 Å². The highest BCUT2D eigenvalue weighted by atomic mass is 32.1. The Balaban J connectivity index is 1.65. The van der Waals surface area contributed by atoms with Gasteiger partial charge in [0.25, 0.3) is 5.91 Å². The highest BCUT2D eigenvalue weighted by Gasteiger charge is 2.34. The Labute approximate surface area is 228 Å². The van der Waals surface area contributed by atoms with E-state index in [-0.39, 0.29) is 42.7 Å². The van der Waals surface area contributed by atoms with Crippen LogP contribution in [0.3, 0.4) is 0 Å². The molecule has 1 aliphatic rings. The molecule has 1 saturated heterocycles. The van der Waals surface area contributed by atoms with E-state index >= 15 is 8.78 Å². The van der Waals surface area contributed by atoms with Gasteiger partial charge in [-0.3, -0.25) is 20.0 Å². The van der Waals surface area contributed by atoms with Gasteiger partial charge in [0.05, 0.1) is 25.3 Å². The van der Waals surface area contributed by atoms with Crippen molar-refractivity contribution in [1.29, 1.82) is 0 Å². The SMILES string of the molecule is CCN(CCN(NC)C(=O)Nc1nc(C(=O)O)cs1)c1c(F)cc(N2C[C@H](CNC(=O)C(F)F)OC2=O)cc1F. The molecule has 2 heterocycles. The number of nitrogens with zero attached hydrogens (tertiary/aromatic N) is 4. The number of hydrogen-bond acceptors (Lipinski definition) is 9. The van der Waals surface area contributed by atoms with Gasteiger partial charge in [-0.15, -0.1) is 11.3 Å². The summed E-state index contributed by atoms with van der Waals surface area (Å²) in [5.41, 5.74) is 1.80. The predicted molar refractivity (Wildman–Crippen MR) is 135 cm³/mol. The van der Waals surface area contributed by atoms with Gasteiger partial charge in [0.2, 0.25) is 0 Å². The summed E-state index contributed by atoms with van der Waals surface area (Å²) in [6.07, 6.45) is -5.22. The van der Waals surface area contributed by atoms with Crippen LogP contribution in [0, 0.1) is 11.6 Å². The molecule has 1 fully saturated rings. The van der Waals surface area contributed by atoms with Crippen LogP contribution in [0.25, 0.3) is 0 Å². The zero-order valence-electron chi connectivity index (χ0n) is 21.1. The average Bonchev–Trinajstić information content (AvgIpc) is 3.52. The van der Waals surface area contributed by atoms with Crippen molar-refractivity contribution in [3.05, 3.63) is 34.8 Å². The van der Waals surface area contributed by atoms with Crippen LogP contribution in [-0.2, 0) is 9.53 Å². The number of cyclic esters (lactones) is 1. The number of aromatic carboxylic acids is 1. The van der Waals surface area contributed by atoms with Crippen molar-refractivity contribution in [2.75, 3.05) is 54.9 Å². The Morgan fingerprint density at radius 2 is 1.93 bits per heavy atom. The number of ether oxygens (including phenoxy) is 1. The molecule has 3 rings (SSSR count). The number of hydrazine groups is 1. The van der Waals surface area contributed by atoms with Gasteiger partial charge in [-0.05, 0) is 6.92 Å². The number of anilines is 3. The van der Waals surface area contributed by atoms with E-state index in [1.54, 1.807) is 6.92 Å². The van der Waals surface area contributed by atoms with Crippen LogP contribution in [0.2, 0.25) is 0 Å². The molecule has 40 heavy (non-hydrogen) atoms. The maximum absolute atomic E-state index is 15.1. The summed E-state index contributed by atoms with van der Waals surface area (Å²) in [7, 11) is 1.44. The fourth-order valence-electron chi connectivity index (χ4n) is 3.69. The molecule has 0 aliphatic carbocycles. The number of carboxylic acids is 1. The molecule has 0 unspecified atom stereocenters. The summed E-state index contributed by atoms with van der Waals surface area (Å²) in [5.74, 6) is -4.82. The first-order chi connectivity index (χ1) is 18.9. The monoisotopic (exact) mass is 591 g/mol. The Kier molecular flexibility index (Phi) is 10.1. The van der Waals surface area contributed by atoms with E-state index < -0.39 is 60.4 Å². The molecule has 18 heteroatoms. The van der Waals surface area contributed by atoms with E-state index in [1.807, 2.05) is 5.32 Å². The molecule has 0 saturated carbocycles. The Hall–Kier alpha value is -4.19. The van der Waals surface area contributed by atoms with E-state index in [4.69, 9.17) is 9.84 Å². The second-order valence-corrected chi connectivity index (χ2v) is 9.01. The lowest BCUT2D eigenvalue weighted by Gasteiger charge is -2.28. The predicted octanol–water partition coefficient (Wildman–Crippen LogP) is 2.32. The molecule has 0 bridgehead atoms. The molecule has 13 nitrogen and oxygen atoms in total. The molecule has 2 aromatic rings. The summed E-state index contributed by atoms with van der Waals surface area (Å²) in [4.78, 5) is 52.8. The third-order valence-electron chi connectivity index (χ3n) is 5.63. The number of halogens is 4. The number of nitrogens with one attached hydrogen (secondary N) is 3. The van der Waals surface area contributed by atoms with Crippen molar-refractivity contribution in [2.24, 2.45) is 0 Å². The zero-order valence-corrected chi connectivity index (χ0v) is 21.9. The quantitative estimate of drug-likeness (QED) is 0.215. The molecule has 0 spiro atoms. The number of hydrogen-bond donors (Lipinski definition) is 4. The van der Waals surface area contributed by atoms with Gasteiger partial charge in [0.1, 0.15) is 11.8 Å². The highest BCUT2D eigenvalue weighted by molar-refractivity contribution is 7.14. The van der Waals surface area contributed by atoms with E-state index in [2.05, 4.69) is 15.7 Å². The normalized spacial score (nSPS) is 14.7. The van der Waals surface area contributed by atoms with Gasteiger partial charge in [0, 0.05) is 37.6 Å². The van der Waals surface area contributed by atoms with Crippen LogP contribution in [0.4, 0.5) is 43.7 Å². The molecule has 1 aromatic carbocycles. The third kappa shape index (κ3) is 7.26. The van der Waals surface area contributed by atoms with Crippen molar-refractivity contribution < 1.29 is 46.6 Å². The number of alkyl halides is 2. The number of thiazole rings is 1.